The van der Waals surface area contributed by atoms with Gasteiger partial charge in [0.25, 0.3) is 5.56 Å². The molecule has 0 spiro atoms. The highest BCUT2D eigenvalue weighted by molar-refractivity contribution is 5.80. The van der Waals surface area contributed by atoms with Crippen molar-refractivity contribution in [2.45, 2.75) is 20.8 Å². The van der Waals surface area contributed by atoms with E-state index < -0.39 is 0 Å². The Labute approximate surface area is 94.3 Å². The SMILES string of the molecule is CC.COc1cc2nc[nH]c(=O)c2cc1C. The summed E-state index contributed by atoms with van der Waals surface area (Å²) >= 11 is 0. The van der Waals surface area contributed by atoms with Crippen molar-refractivity contribution in [2.24, 2.45) is 0 Å². The summed E-state index contributed by atoms with van der Waals surface area (Å²) in [7, 11) is 1.60. The third-order valence-corrected chi connectivity index (χ3v) is 2.16. The summed E-state index contributed by atoms with van der Waals surface area (Å²) in [5.41, 5.74) is 1.45. The molecule has 16 heavy (non-hydrogen) atoms. The Morgan fingerprint density at radius 2 is 2.00 bits per heavy atom. The van der Waals surface area contributed by atoms with Crippen LogP contribution in [0.1, 0.15) is 19.4 Å². The third-order valence-electron chi connectivity index (χ3n) is 2.16. The number of H-pyrrole nitrogens is 1. The lowest BCUT2D eigenvalue weighted by Gasteiger charge is -2.04. The summed E-state index contributed by atoms with van der Waals surface area (Å²) < 4.78 is 5.14. The van der Waals surface area contributed by atoms with Crippen LogP contribution < -0.4 is 10.3 Å². The topological polar surface area (TPSA) is 55.0 Å². The number of hydrogen-bond acceptors (Lipinski definition) is 3. The standard InChI is InChI=1S/C10H10N2O2.C2H6/c1-6-3-7-8(4-9(6)14-2)11-5-12-10(7)13;1-2/h3-5H,1-2H3,(H,11,12,13);1-2H3. The third kappa shape index (κ3) is 2.21. The Morgan fingerprint density at radius 3 is 2.62 bits per heavy atom. The smallest absolute Gasteiger partial charge is 0.258 e. The van der Waals surface area contributed by atoms with Crippen molar-refractivity contribution in [3.63, 3.8) is 0 Å². The summed E-state index contributed by atoms with van der Waals surface area (Å²) in [5, 5.41) is 0.589. The number of methoxy groups -OCH3 is 1. The first-order chi connectivity index (χ1) is 7.72. The van der Waals surface area contributed by atoms with Gasteiger partial charge in [-0.25, -0.2) is 4.98 Å². The zero-order valence-electron chi connectivity index (χ0n) is 10.00. The molecule has 4 nitrogen and oxygen atoms in total. The minimum atomic E-state index is -0.124. The fourth-order valence-electron chi connectivity index (χ4n) is 1.42. The van der Waals surface area contributed by atoms with Gasteiger partial charge in [-0.1, -0.05) is 13.8 Å². The number of fused-ring (bicyclic) bond motifs is 1. The largest absolute Gasteiger partial charge is 0.496 e. The summed E-state index contributed by atoms with van der Waals surface area (Å²) in [5.74, 6) is 0.746. The van der Waals surface area contributed by atoms with Gasteiger partial charge in [0.1, 0.15) is 5.75 Å². The average molecular weight is 220 g/mol. The van der Waals surface area contributed by atoms with Gasteiger partial charge in [0, 0.05) is 6.07 Å². The molecule has 4 heteroatoms. The predicted octanol–water partition coefficient (Wildman–Crippen LogP) is 2.27. The molecule has 86 valence electrons. The van der Waals surface area contributed by atoms with Crippen molar-refractivity contribution < 1.29 is 4.74 Å². The van der Waals surface area contributed by atoms with Gasteiger partial charge >= 0.3 is 0 Å². The maximum absolute atomic E-state index is 11.4. The molecule has 0 amide bonds. The molecule has 0 fully saturated rings. The van der Waals surface area contributed by atoms with Crippen molar-refractivity contribution in [3.05, 3.63) is 34.4 Å². The summed E-state index contributed by atoms with van der Waals surface area (Å²) in [4.78, 5) is 18.0. The minimum absolute atomic E-state index is 0.124. The first kappa shape index (κ1) is 12.2. The van der Waals surface area contributed by atoms with Gasteiger partial charge in [0.2, 0.25) is 0 Å². The monoisotopic (exact) mass is 220 g/mol. The van der Waals surface area contributed by atoms with Crippen molar-refractivity contribution in [1.29, 1.82) is 0 Å². The van der Waals surface area contributed by atoms with E-state index in [1.54, 1.807) is 19.2 Å². The second-order valence-electron chi connectivity index (χ2n) is 3.07. The number of benzene rings is 1. The highest BCUT2D eigenvalue weighted by atomic mass is 16.5. The number of aromatic nitrogens is 2. The summed E-state index contributed by atoms with van der Waals surface area (Å²) in [6.45, 7) is 5.89. The lowest BCUT2D eigenvalue weighted by atomic mass is 10.1. The molecule has 1 aromatic carbocycles. The number of nitrogens with zero attached hydrogens (tertiary/aromatic N) is 1. The van der Waals surface area contributed by atoms with Crippen LogP contribution in [0.15, 0.2) is 23.3 Å². The number of ether oxygens (including phenoxy) is 1. The van der Waals surface area contributed by atoms with Gasteiger partial charge in [-0.15, -0.1) is 0 Å². The molecule has 0 aliphatic carbocycles. The van der Waals surface area contributed by atoms with Crippen LogP contribution in [0.3, 0.4) is 0 Å². The Hall–Kier alpha value is -1.84. The van der Waals surface area contributed by atoms with E-state index in [-0.39, 0.29) is 5.56 Å². The molecular weight excluding hydrogens is 204 g/mol. The van der Waals surface area contributed by atoms with Gasteiger partial charge in [-0.3, -0.25) is 4.79 Å². The van der Waals surface area contributed by atoms with Gasteiger partial charge in [-0.05, 0) is 18.6 Å². The molecule has 2 aromatic rings. The number of hydrogen-bond donors (Lipinski definition) is 1. The molecule has 2 rings (SSSR count). The van der Waals surface area contributed by atoms with Crippen molar-refractivity contribution in [1.82, 2.24) is 9.97 Å². The van der Waals surface area contributed by atoms with Gasteiger partial charge < -0.3 is 9.72 Å². The molecular formula is C12H16N2O2. The van der Waals surface area contributed by atoms with Crippen LogP contribution in [-0.2, 0) is 0 Å². The predicted molar refractivity (Wildman–Crippen MR) is 65.0 cm³/mol. The molecule has 1 aromatic heterocycles. The maximum atomic E-state index is 11.4. The lowest BCUT2D eigenvalue weighted by molar-refractivity contribution is 0.412. The van der Waals surface area contributed by atoms with Crippen LogP contribution in [0.25, 0.3) is 10.9 Å². The number of aromatic amines is 1. The number of rotatable bonds is 1. The summed E-state index contributed by atoms with van der Waals surface area (Å²) in [6, 6.07) is 3.54. The van der Waals surface area contributed by atoms with E-state index in [0.29, 0.717) is 10.9 Å². The second-order valence-corrected chi connectivity index (χ2v) is 3.07. The molecule has 0 saturated heterocycles. The molecule has 0 aliphatic rings. The number of nitrogens with one attached hydrogen (secondary N) is 1. The first-order valence-electron chi connectivity index (χ1n) is 5.24. The van der Waals surface area contributed by atoms with Crippen LogP contribution in [0.4, 0.5) is 0 Å². The quantitative estimate of drug-likeness (QED) is 0.802. The molecule has 0 unspecified atom stereocenters. The number of aryl methyl sites for hydroxylation is 1. The molecule has 0 saturated carbocycles. The molecule has 1 heterocycles. The van der Waals surface area contributed by atoms with Crippen LogP contribution >= 0.6 is 0 Å². The lowest BCUT2D eigenvalue weighted by Crippen LogP contribution is -2.06. The van der Waals surface area contributed by atoms with Crippen molar-refractivity contribution in [3.8, 4) is 5.75 Å². The van der Waals surface area contributed by atoms with E-state index in [2.05, 4.69) is 9.97 Å². The molecule has 0 radical (unpaired) electrons. The Kier molecular flexibility index (Phi) is 4.05. The highest BCUT2D eigenvalue weighted by Gasteiger charge is 2.04. The minimum Gasteiger partial charge on any atom is -0.496 e. The molecule has 0 aliphatic heterocycles. The van der Waals surface area contributed by atoms with Crippen LogP contribution in [-0.4, -0.2) is 17.1 Å². The van der Waals surface area contributed by atoms with E-state index in [1.807, 2.05) is 20.8 Å². The zero-order valence-corrected chi connectivity index (χ0v) is 10.00. The first-order valence-corrected chi connectivity index (χ1v) is 5.24. The normalized spacial score (nSPS) is 9.50. The van der Waals surface area contributed by atoms with E-state index in [9.17, 15) is 4.79 Å². The van der Waals surface area contributed by atoms with Crippen molar-refractivity contribution >= 4 is 10.9 Å². The van der Waals surface area contributed by atoms with Crippen LogP contribution in [0.5, 0.6) is 5.75 Å². The van der Waals surface area contributed by atoms with E-state index in [0.717, 1.165) is 11.3 Å². The molecule has 0 atom stereocenters. The fourth-order valence-corrected chi connectivity index (χ4v) is 1.42. The highest BCUT2D eigenvalue weighted by Crippen LogP contribution is 2.21. The van der Waals surface area contributed by atoms with Crippen molar-refractivity contribution in [2.75, 3.05) is 7.11 Å². The van der Waals surface area contributed by atoms with E-state index >= 15 is 0 Å². The Morgan fingerprint density at radius 1 is 1.31 bits per heavy atom. The second kappa shape index (κ2) is 5.30. The van der Waals surface area contributed by atoms with Crippen LogP contribution in [0.2, 0.25) is 0 Å². The molecule has 1 N–H and O–H groups in total. The van der Waals surface area contributed by atoms with E-state index in [1.165, 1.54) is 6.33 Å². The van der Waals surface area contributed by atoms with E-state index in [4.69, 9.17) is 4.74 Å². The van der Waals surface area contributed by atoms with Gasteiger partial charge in [-0.2, -0.15) is 0 Å². The molecule has 0 bridgehead atoms. The maximum Gasteiger partial charge on any atom is 0.258 e. The average Bonchev–Trinajstić information content (AvgIpc) is 2.32. The Bertz CT molecular complexity index is 532. The zero-order chi connectivity index (χ0) is 12.1. The summed E-state index contributed by atoms with van der Waals surface area (Å²) in [6.07, 6.45) is 1.39. The van der Waals surface area contributed by atoms with Crippen LogP contribution in [0, 0.1) is 6.92 Å². The fraction of sp³-hybridized carbons (Fsp3) is 0.333. The van der Waals surface area contributed by atoms with Gasteiger partial charge in [0.15, 0.2) is 0 Å². The van der Waals surface area contributed by atoms with Gasteiger partial charge in [0.05, 0.1) is 24.3 Å². The Balaban J connectivity index is 0.000000606.